The normalized spacial score (nSPS) is 11.7. The Bertz CT molecular complexity index is 309. The molecule has 1 unspecified atom stereocenters. The Hall–Kier alpha value is -0.840. The van der Waals surface area contributed by atoms with E-state index >= 15 is 0 Å². The summed E-state index contributed by atoms with van der Waals surface area (Å²) in [6.45, 7) is -0.147. The highest BCUT2D eigenvalue weighted by Gasteiger charge is 2.08. The summed E-state index contributed by atoms with van der Waals surface area (Å²) < 4.78 is 18.2. The van der Waals surface area contributed by atoms with Gasteiger partial charge in [0.05, 0.1) is 13.7 Å². The Balaban J connectivity index is 0.00000196. The summed E-state index contributed by atoms with van der Waals surface area (Å²) in [6.07, 6.45) is 0.326. The first-order chi connectivity index (χ1) is 6.67. The van der Waals surface area contributed by atoms with Gasteiger partial charge >= 0.3 is 0 Å². The van der Waals surface area contributed by atoms with Gasteiger partial charge in [-0.3, -0.25) is 0 Å². The van der Waals surface area contributed by atoms with E-state index in [2.05, 4.69) is 0 Å². The topological polar surface area (TPSA) is 55.5 Å². The fourth-order valence-corrected chi connectivity index (χ4v) is 1.17. The first-order valence-electron chi connectivity index (χ1n) is 4.36. The third-order valence-electron chi connectivity index (χ3n) is 1.98. The van der Waals surface area contributed by atoms with Crippen LogP contribution in [0.2, 0.25) is 0 Å². The number of hydrogen-bond acceptors (Lipinski definition) is 3. The Morgan fingerprint density at radius 3 is 2.67 bits per heavy atom. The molecule has 0 aliphatic carbocycles. The van der Waals surface area contributed by atoms with Crippen molar-refractivity contribution in [2.24, 2.45) is 5.73 Å². The lowest BCUT2D eigenvalue weighted by atomic mass is 10.1. The first-order valence-corrected chi connectivity index (χ1v) is 4.36. The smallest absolute Gasteiger partial charge is 0.130 e. The van der Waals surface area contributed by atoms with Crippen LogP contribution in [0, 0.1) is 5.82 Å². The lowest BCUT2D eigenvalue weighted by Crippen LogP contribution is -2.27. The summed E-state index contributed by atoms with van der Waals surface area (Å²) in [4.78, 5) is 0. The van der Waals surface area contributed by atoms with Crippen LogP contribution < -0.4 is 10.5 Å². The van der Waals surface area contributed by atoms with Gasteiger partial charge in [0.25, 0.3) is 0 Å². The third kappa shape index (κ3) is 4.03. The largest absolute Gasteiger partial charge is 0.497 e. The van der Waals surface area contributed by atoms with Gasteiger partial charge in [0.1, 0.15) is 11.6 Å². The molecule has 3 nitrogen and oxygen atoms in total. The van der Waals surface area contributed by atoms with Gasteiger partial charge in [-0.15, -0.1) is 12.4 Å². The maximum Gasteiger partial charge on any atom is 0.130 e. The molecule has 1 aromatic carbocycles. The second kappa shape index (κ2) is 6.61. The molecule has 0 aromatic heterocycles. The summed E-state index contributed by atoms with van der Waals surface area (Å²) >= 11 is 0. The fraction of sp³-hybridized carbons (Fsp3) is 0.400. The lowest BCUT2D eigenvalue weighted by molar-refractivity contribution is 0.264. The summed E-state index contributed by atoms with van der Waals surface area (Å²) in [5.74, 6) is 0.122. The quantitative estimate of drug-likeness (QED) is 0.822. The standard InChI is InChI=1S/C10H14FNO2.ClH/c1-14-9-3-2-7(10(11)5-9)4-8(12)6-13;/h2-3,5,8,13H,4,6,12H2,1H3;1H. The molecule has 86 valence electrons. The van der Waals surface area contributed by atoms with E-state index in [1.807, 2.05) is 0 Å². The van der Waals surface area contributed by atoms with E-state index in [9.17, 15) is 4.39 Å². The van der Waals surface area contributed by atoms with E-state index in [0.29, 0.717) is 17.7 Å². The van der Waals surface area contributed by atoms with Crippen molar-refractivity contribution in [3.63, 3.8) is 0 Å². The number of benzene rings is 1. The Labute approximate surface area is 94.5 Å². The van der Waals surface area contributed by atoms with Gasteiger partial charge in [-0.05, 0) is 18.1 Å². The maximum absolute atomic E-state index is 13.3. The van der Waals surface area contributed by atoms with Gasteiger partial charge in [-0.2, -0.15) is 0 Å². The van der Waals surface area contributed by atoms with Crippen LogP contribution in [-0.4, -0.2) is 24.9 Å². The molecule has 0 saturated heterocycles. The van der Waals surface area contributed by atoms with E-state index in [0.717, 1.165) is 0 Å². The van der Waals surface area contributed by atoms with Crippen molar-refractivity contribution in [1.82, 2.24) is 0 Å². The number of nitrogens with two attached hydrogens (primary N) is 1. The Morgan fingerprint density at radius 2 is 2.20 bits per heavy atom. The number of aliphatic hydroxyl groups is 1. The average molecular weight is 236 g/mol. The molecule has 0 aliphatic heterocycles. The van der Waals surface area contributed by atoms with Crippen molar-refractivity contribution in [1.29, 1.82) is 0 Å². The molecule has 5 heteroatoms. The minimum atomic E-state index is -0.419. The number of rotatable bonds is 4. The molecule has 1 atom stereocenters. The van der Waals surface area contributed by atoms with Crippen LogP contribution in [0.3, 0.4) is 0 Å². The minimum absolute atomic E-state index is 0. The Morgan fingerprint density at radius 1 is 1.53 bits per heavy atom. The molecule has 0 saturated carbocycles. The average Bonchev–Trinajstić information content (AvgIpc) is 2.20. The van der Waals surface area contributed by atoms with Gasteiger partial charge in [0.2, 0.25) is 0 Å². The molecule has 0 amide bonds. The van der Waals surface area contributed by atoms with Gasteiger partial charge in [-0.25, -0.2) is 4.39 Å². The molecule has 0 aliphatic rings. The molecule has 0 heterocycles. The van der Waals surface area contributed by atoms with E-state index in [1.165, 1.54) is 13.2 Å². The highest BCUT2D eigenvalue weighted by Crippen LogP contribution is 2.16. The summed E-state index contributed by atoms with van der Waals surface area (Å²) in [5, 5.41) is 8.72. The van der Waals surface area contributed by atoms with Crippen LogP contribution >= 0.6 is 12.4 Å². The molecule has 1 rings (SSSR count). The molecule has 0 bridgehead atoms. The van der Waals surface area contributed by atoms with Crippen LogP contribution in [0.25, 0.3) is 0 Å². The number of methoxy groups -OCH3 is 1. The van der Waals surface area contributed by atoms with Crippen LogP contribution in [0.4, 0.5) is 4.39 Å². The molecule has 0 fully saturated rings. The van der Waals surface area contributed by atoms with Crippen LogP contribution in [-0.2, 0) is 6.42 Å². The summed E-state index contributed by atoms with van der Waals surface area (Å²) in [7, 11) is 1.48. The highest BCUT2D eigenvalue weighted by molar-refractivity contribution is 5.85. The zero-order valence-corrected chi connectivity index (χ0v) is 9.26. The lowest BCUT2D eigenvalue weighted by Gasteiger charge is -2.09. The third-order valence-corrected chi connectivity index (χ3v) is 1.98. The Kier molecular flexibility index (Phi) is 6.24. The predicted octanol–water partition coefficient (Wildman–Crippen LogP) is 1.12. The van der Waals surface area contributed by atoms with E-state index in [4.69, 9.17) is 15.6 Å². The number of halogens is 2. The van der Waals surface area contributed by atoms with E-state index in [-0.39, 0.29) is 24.8 Å². The summed E-state index contributed by atoms with van der Waals surface area (Å²) in [6, 6.07) is 4.17. The zero-order valence-electron chi connectivity index (χ0n) is 8.44. The molecule has 1 aromatic rings. The second-order valence-corrected chi connectivity index (χ2v) is 3.10. The van der Waals surface area contributed by atoms with Crippen LogP contribution in [0.5, 0.6) is 5.75 Å². The molecule has 0 radical (unpaired) electrons. The van der Waals surface area contributed by atoms with E-state index in [1.54, 1.807) is 12.1 Å². The van der Waals surface area contributed by atoms with Gasteiger partial charge < -0.3 is 15.6 Å². The minimum Gasteiger partial charge on any atom is -0.497 e. The fourth-order valence-electron chi connectivity index (χ4n) is 1.17. The highest BCUT2D eigenvalue weighted by atomic mass is 35.5. The van der Waals surface area contributed by atoms with Crippen molar-refractivity contribution in [3.8, 4) is 5.75 Å². The van der Waals surface area contributed by atoms with Crippen molar-refractivity contribution in [3.05, 3.63) is 29.6 Å². The van der Waals surface area contributed by atoms with Gasteiger partial charge in [0, 0.05) is 12.1 Å². The van der Waals surface area contributed by atoms with Crippen molar-refractivity contribution < 1.29 is 14.2 Å². The molecular formula is C10H15ClFNO2. The van der Waals surface area contributed by atoms with Crippen LogP contribution in [0.15, 0.2) is 18.2 Å². The molecule has 0 spiro atoms. The SMILES string of the molecule is COc1ccc(CC(N)CO)c(F)c1.Cl. The zero-order chi connectivity index (χ0) is 10.6. The number of aliphatic hydroxyl groups excluding tert-OH is 1. The van der Waals surface area contributed by atoms with Crippen molar-refractivity contribution in [2.45, 2.75) is 12.5 Å². The second-order valence-electron chi connectivity index (χ2n) is 3.10. The predicted molar refractivity (Wildman–Crippen MR) is 59.0 cm³/mol. The van der Waals surface area contributed by atoms with Crippen LogP contribution in [0.1, 0.15) is 5.56 Å². The van der Waals surface area contributed by atoms with Crippen molar-refractivity contribution in [2.75, 3.05) is 13.7 Å². The van der Waals surface area contributed by atoms with Crippen molar-refractivity contribution >= 4 is 12.4 Å². The first kappa shape index (κ1) is 14.2. The molecule has 3 N–H and O–H groups in total. The maximum atomic E-state index is 13.3. The number of hydrogen-bond donors (Lipinski definition) is 2. The molecule has 15 heavy (non-hydrogen) atoms. The molecular weight excluding hydrogens is 221 g/mol. The van der Waals surface area contributed by atoms with Gasteiger partial charge in [-0.1, -0.05) is 6.07 Å². The monoisotopic (exact) mass is 235 g/mol. The number of ether oxygens (including phenoxy) is 1. The van der Waals surface area contributed by atoms with E-state index < -0.39 is 6.04 Å². The van der Waals surface area contributed by atoms with Gasteiger partial charge in [0.15, 0.2) is 0 Å². The summed E-state index contributed by atoms with van der Waals surface area (Å²) in [5.41, 5.74) is 5.99.